The Labute approximate surface area is 117 Å². The molecule has 1 heterocycles. The Balaban J connectivity index is 1.79. The van der Waals surface area contributed by atoms with E-state index in [9.17, 15) is 9.18 Å². The van der Waals surface area contributed by atoms with Crippen LogP contribution < -0.4 is 5.32 Å². The molecule has 1 aromatic carbocycles. The van der Waals surface area contributed by atoms with Crippen molar-refractivity contribution in [1.29, 1.82) is 0 Å². The van der Waals surface area contributed by atoms with Crippen molar-refractivity contribution in [3.63, 3.8) is 0 Å². The SMILES string of the molecule is O=C(NCc1ccc[nH]1)C1(c2ccccc2F)CCC1. The predicted molar refractivity (Wildman–Crippen MR) is 74.6 cm³/mol. The average Bonchev–Trinajstić information content (AvgIpc) is 2.90. The smallest absolute Gasteiger partial charge is 0.231 e. The van der Waals surface area contributed by atoms with Gasteiger partial charge in [0.1, 0.15) is 5.82 Å². The third kappa shape index (κ3) is 2.11. The maximum absolute atomic E-state index is 14.0. The van der Waals surface area contributed by atoms with E-state index in [0.717, 1.165) is 12.1 Å². The molecule has 20 heavy (non-hydrogen) atoms. The van der Waals surface area contributed by atoms with Crippen LogP contribution in [-0.2, 0) is 16.8 Å². The van der Waals surface area contributed by atoms with Gasteiger partial charge in [-0.25, -0.2) is 4.39 Å². The Morgan fingerprint density at radius 1 is 1.25 bits per heavy atom. The largest absolute Gasteiger partial charge is 0.364 e. The quantitative estimate of drug-likeness (QED) is 0.883. The number of benzene rings is 1. The number of hydrogen-bond acceptors (Lipinski definition) is 1. The summed E-state index contributed by atoms with van der Waals surface area (Å²) in [5, 5.41) is 2.92. The molecule has 1 aliphatic rings. The minimum Gasteiger partial charge on any atom is -0.364 e. The average molecular weight is 272 g/mol. The van der Waals surface area contributed by atoms with Gasteiger partial charge in [-0.2, -0.15) is 0 Å². The number of aromatic nitrogens is 1. The molecule has 4 heteroatoms. The summed E-state index contributed by atoms with van der Waals surface area (Å²) >= 11 is 0. The third-order valence-electron chi connectivity index (χ3n) is 4.13. The van der Waals surface area contributed by atoms with Crippen LogP contribution in [0.5, 0.6) is 0 Å². The van der Waals surface area contributed by atoms with E-state index in [2.05, 4.69) is 10.3 Å². The summed E-state index contributed by atoms with van der Waals surface area (Å²) in [6.45, 7) is 0.446. The van der Waals surface area contributed by atoms with Gasteiger partial charge in [-0.05, 0) is 31.0 Å². The van der Waals surface area contributed by atoms with Crippen molar-refractivity contribution in [2.45, 2.75) is 31.2 Å². The molecule has 1 fully saturated rings. The highest BCUT2D eigenvalue weighted by Crippen LogP contribution is 2.44. The Kier molecular flexibility index (Phi) is 3.30. The molecule has 0 bridgehead atoms. The van der Waals surface area contributed by atoms with Crippen LogP contribution >= 0.6 is 0 Å². The molecule has 1 amide bonds. The van der Waals surface area contributed by atoms with Crippen molar-refractivity contribution in [3.8, 4) is 0 Å². The first-order chi connectivity index (χ1) is 9.72. The predicted octanol–water partition coefficient (Wildman–Crippen LogP) is 2.89. The molecule has 2 N–H and O–H groups in total. The van der Waals surface area contributed by atoms with Gasteiger partial charge in [0.2, 0.25) is 5.91 Å². The molecule has 0 spiro atoms. The number of amides is 1. The van der Waals surface area contributed by atoms with Crippen molar-refractivity contribution in [3.05, 3.63) is 59.7 Å². The minimum absolute atomic E-state index is 0.0801. The molecule has 1 aliphatic carbocycles. The molecule has 0 atom stereocenters. The normalized spacial score (nSPS) is 16.4. The summed E-state index contributed by atoms with van der Waals surface area (Å²) in [4.78, 5) is 15.5. The number of carbonyl (C=O) groups excluding carboxylic acids is 1. The molecule has 0 unspecified atom stereocenters. The molecule has 104 valence electrons. The number of halogens is 1. The van der Waals surface area contributed by atoms with Crippen LogP contribution in [-0.4, -0.2) is 10.9 Å². The number of rotatable bonds is 4. The van der Waals surface area contributed by atoms with Gasteiger partial charge < -0.3 is 10.3 Å². The van der Waals surface area contributed by atoms with E-state index < -0.39 is 5.41 Å². The first-order valence-electron chi connectivity index (χ1n) is 6.88. The summed E-state index contributed by atoms with van der Waals surface area (Å²) in [7, 11) is 0. The van der Waals surface area contributed by atoms with Crippen LogP contribution in [0.3, 0.4) is 0 Å². The molecule has 2 aromatic rings. The van der Waals surface area contributed by atoms with Gasteiger partial charge in [-0.1, -0.05) is 24.6 Å². The van der Waals surface area contributed by atoms with E-state index in [0.29, 0.717) is 24.9 Å². The fraction of sp³-hybridized carbons (Fsp3) is 0.312. The Morgan fingerprint density at radius 2 is 2.05 bits per heavy atom. The van der Waals surface area contributed by atoms with Crippen molar-refractivity contribution < 1.29 is 9.18 Å². The number of hydrogen-bond donors (Lipinski definition) is 2. The zero-order valence-corrected chi connectivity index (χ0v) is 11.2. The molecular weight excluding hydrogens is 255 g/mol. The van der Waals surface area contributed by atoms with Gasteiger partial charge in [-0.3, -0.25) is 4.79 Å². The van der Waals surface area contributed by atoms with Crippen LogP contribution in [0.25, 0.3) is 0 Å². The molecule has 1 aromatic heterocycles. The zero-order chi connectivity index (χ0) is 14.0. The van der Waals surface area contributed by atoms with Crippen molar-refractivity contribution >= 4 is 5.91 Å². The molecule has 1 saturated carbocycles. The second kappa shape index (κ2) is 5.12. The van der Waals surface area contributed by atoms with Gasteiger partial charge in [0.15, 0.2) is 0 Å². The van der Waals surface area contributed by atoms with Crippen LogP contribution in [0.1, 0.15) is 30.5 Å². The monoisotopic (exact) mass is 272 g/mol. The molecular formula is C16H17FN2O. The second-order valence-corrected chi connectivity index (χ2v) is 5.29. The van der Waals surface area contributed by atoms with Crippen molar-refractivity contribution in [2.24, 2.45) is 0 Å². The maximum atomic E-state index is 14.0. The van der Waals surface area contributed by atoms with E-state index in [1.54, 1.807) is 18.2 Å². The number of aromatic amines is 1. The highest BCUT2D eigenvalue weighted by Gasteiger charge is 2.46. The lowest BCUT2D eigenvalue weighted by Gasteiger charge is -2.40. The molecule has 3 nitrogen and oxygen atoms in total. The highest BCUT2D eigenvalue weighted by atomic mass is 19.1. The van der Waals surface area contributed by atoms with E-state index in [-0.39, 0.29) is 11.7 Å². The summed E-state index contributed by atoms with van der Waals surface area (Å²) in [5.74, 6) is -0.370. The number of carbonyl (C=O) groups is 1. The summed E-state index contributed by atoms with van der Waals surface area (Å²) in [5.41, 5.74) is 0.786. The highest BCUT2D eigenvalue weighted by molar-refractivity contribution is 5.89. The van der Waals surface area contributed by atoms with E-state index in [1.807, 2.05) is 18.3 Å². The topological polar surface area (TPSA) is 44.9 Å². The Bertz CT molecular complexity index is 603. The fourth-order valence-corrected chi connectivity index (χ4v) is 2.82. The lowest BCUT2D eigenvalue weighted by atomic mass is 9.63. The van der Waals surface area contributed by atoms with Crippen LogP contribution in [0.4, 0.5) is 4.39 Å². The molecule has 0 aliphatic heterocycles. The maximum Gasteiger partial charge on any atom is 0.231 e. The third-order valence-corrected chi connectivity index (χ3v) is 4.13. The van der Waals surface area contributed by atoms with Gasteiger partial charge >= 0.3 is 0 Å². The Morgan fingerprint density at radius 3 is 2.65 bits per heavy atom. The second-order valence-electron chi connectivity index (χ2n) is 5.29. The standard InChI is InChI=1S/C16H17FN2O/c17-14-7-2-1-6-13(14)16(8-4-9-16)15(20)19-11-12-5-3-10-18-12/h1-3,5-7,10,18H,4,8-9,11H2,(H,19,20). The van der Waals surface area contributed by atoms with E-state index >= 15 is 0 Å². The van der Waals surface area contributed by atoms with Crippen LogP contribution in [0.2, 0.25) is 0 Å². The summed E-state index contributed by atoms with van der Waals surface area (Å²) in [6.07, 6.45) is 4.21. The van der Waals surface area contributed by atoms with E-state index in [1.165, 1.54) is 6.07 Å². The van der Waals surface area contributed by atoms with Gasteiger partial charge in [0.05, 0.1) is 12.0 Å². The zero-order valence-electron chi connectivity index (χ0n) is 11.2. The van der Waals surface area contributed by atoms with Crippen molar-refractivity contribution in [2.75, 3.05) is 0 Å². The fourth-order valence-electron chi connectivity index (χ4n) is 2.82. The van der Waals surface area contributed by atoms with Gasteiger partial charge in [0, 0.05) is 17.5 Å². The number of nitrogens with one attached hydrogen (secondary N) is 2. The Hall–Kier alpha value is -2.10. The first-order valence-corrected chi connectivity index (χ1v) is 6.88. The lowest BCUT2D eigenvalue weighted by Crippen LogP contribution is -2.49. The van der Waals surface area contributed by atoms with Crippen LogP contribution in [0.15, 0.2) is 42.6 Å². The van der Waals surface area contributed by atoms with E-state index in [4.69, 9.17) is 0 Å². The lowest BCUT2D eigenvalue weighted by molar-refractivity contribution is -0.130. The molecule has 0 saturated heterocycles. The van der Waals surface area contributed by atoms with Crippen molar-refractivity contribution in [1.82, 2.24) is 10.3 Å². The molecule has 3 rings (SSSR count). The first kappa shape index (κ1) is 12.9. The van der Waals surface area contributed by atoms with Crippen LogP contribution in [0, 0.1) is 5.82 Å². The summed E-state index contributed by atoms with van der Waals surface area (Å²) in [6, 6.07) is 10.4. The van der Waals surface area contributed by atoms with Gasteiger partial charge in [0.25, 0.3) is 0 Å². The van der Waals surface area contributed by atoms with Gasteiger partial charge in [-0.15, -0.1) is 0 Å². The minimum atomic E-state index is -0.683. The number of H-pyrrole nitrogens is 1. The summed E-state index contributed by atoms with van der Waals surface area (Å²) < 4.78 is 14.0. The molecule has 0 radical (unpaired) electrons.